The number of aromatic amines is 1. The number of benzene rings is 1. The zero-order chi connectivity index (χ0) is 50.9. The average molecular weight is 980 g/mol. The number of nitrogens with two attached hydrogens (primary N) is 1. The lowest BCUT2D eigenvalue weighted by Crippen LogP contribution is -2.62. The third-order valence-electron chi connectivity index (χ3n) is 11.6. The quantitative estimate of drug-likeness (QED) is 0.0572. The van der Waals surface area contributed by atoms with Crippen molar-refractivity contribution in [2.75, 3.05) is 20.3 Å². The van der Waals surface area contributed by atoms with Crippen molar-refractivity contribution in [1.29, 1.82) is 0 Å². The lowest BCUT2D eigenvalue weighted by molar-refractivity contribution is -0.142. The van der Waals surface area contributed by atoms with Gasteiger partial charge in [0.1, 0.15) is 47.0 Å². The van der Waals surface area contributed by atoms with Crippen LogP contribution in [0.15, 0.2) is 35.9 Å². The van der Waals surface area contributed by atoms with Gasteiger partial charge in [-0.05, 0) is 49.0 Å². The molecule has 4 rings (SSSR count). The molecule has 23 nitrogen and oxygen atoms in total. The number of primary amides is 1. The number of nitrogens with one attached hydrogen (secondary N) is 9. The number of ketones is 1. The molecule has 1 aliphatic rings. The normalized spacial score (nSPS) is 22.1. The summed E-state index contributed by atoms with van der Waals surface area (Å²) in [5.74, 6) is -9.29. The van der Waals surface area contributed by atoms with E-state index in [0.717, 1.165) is 17.4 Å². The highest BCUT2D eigenvalue weighted by atomic mass is 32.1. The van der Waals surface area contributed by atoms with E-state index >= 15 is 0 Å². The third kappa shape index (κ3) is 15.1. The number of Topliss-reactive ketones (excluding diaryl/α,β-unsaturated/α-hetero) is 1. The fourth-order valence-electron chi connectivity index (χ4n) is 7.23. The van der Waals surface area contributed by atoms with Crippen molar-refractivity contribution in [3.05, 3.63) is 52.1 Å². The van der Waals surface area contributed by atoms with Crippen molar-refractivity contribution in [3.8, 4) is 5.75 Å². The van der Waals surface area contributed by atoms with Crippen LogP contribution in [-0.4, -0.2) is 131 Å². The molecule has 0 fully saturated rings. The summed E-state index contributed by atoms with van der Waals surface area (Å²) in [6, 6.07) is -4.60. The molecule has 9 amide bonds. The molecule has 0 radical (unpaired) electrons. The minimum absolute atomic E-state index is 0.0994. The van der Waals surface area contributed by atoms with Gasteiger partial charge in [-0.3, -0.25) is 47.9 Å². The average Bonchev–Trinajstić information content (AvgIpc) is 3.98. The summed E-state index contributed by atoms with van der Waals surface area (Å²) in [5.41, 5.74) is 6.51. The van der Waals surface area contributed by atoms with Crippen LogP contribution >= 0.6 is 11.3 Å². The molecule has 3 aromatic rings. The Morgan fingerprint density at radius 3 is 2.38 bits per heavy atom. The van der Waals surface area contributed by atoms with Gasteiger partial charge in [-0.1, -0.05) is 46.6 Å². The van der Waals surface area contributed by atoms with Gasteiger partial charge in [0.25, 0.3) is 5.91 Å². The van der Waals surface area contributed by atoms with Crippen LogP contribution in [0.5, 0.6) is 5.75 Å². The highest BCUT2D eigenvalue weighted by Gasteiger charge is 2.36. The molecule has 3 heterocycles. The van der Waals surface area contributed by atoms with E-state index < -0.39 is 114 Å². The second-order valence-electron chi connectivity index (χ2n) is 16.7. The van der Waals surface area contributed by atoms with Crippen molar-refractivity contribution in [2.24, 2.45) is 17.6 Å². The van der Waals surface area contributed by atoms with Gasteiger partial charge in [0.05, 0.1) is 18.3 Å². The predicted molar refractivity (Wildman–Crippen MR) is 251 cm³/mol. The van der Waals surface area contributed by atoms with Gasteiger partial charge in [0, 0.05) is 55.1 Å². The molecule has 9 atom stereocenters. The standard InChI is InChI=1S/C45H61N11O12S/c1-7-22(3)36-38(61)44(67)54-31(19-68-6)45-51-26(20-69-45)12-15-34(60)52-29(16-25-17-47-27-10-9-11-32(58)35(25)27)40(63)48-18-30(42(65)50-24(5)39(62)55-36)53-43(66)37(23(4)8-2)56-41(64)28(49-21-57)13-14-33(46)59/h9-12,15,17,20-24,28-31,36-37,47,58H,7-8,13-14,16,18-19H2,1-6H3,(H2,46,59)(H,48,63)(H,49,57)(H,50,65)(H,52,60)(H,53,66)(H,54,67)(H,55,62)(H,56,64)/b15-12+/t22-,23-,24-,28-,29-,30+,31-,36+,37-/m0/s1. The third-order valence-corrected chi connectivity index (χ3v) is 12.6. The van der Waals surface area contributed by atoms with E-state index in [0.29, 0.717) is 34.3 Å². The lowest BCUT2D eigenvalue weighted by atomic mass is 9.94. The summed E-state index contributed by atoms with van der Waals surface area (Å²) in [4.78, 5) is 141. The minimum Gasteiger partial charge on any atom is -0.507 e. The highest BCUT2D eigenvalue weighted by molar-refractivity contribution is 7.09. The molecule has 374 valence electrons. The number of phenols is 1. The van der Waals surface area contributed by atoms with E-state index in [1.165, 1.54) is 26.2 Å². The van der Waals surface area contributed by atoms with Crippen LogP contribution in [0.3, 0.4) is 0 Å². The van der Waals surface area contributed by atoms with Crippen LogP contribution in [0.4, 0.5) is 0 Å². The maximum Gasteiger partial charge on any atom is 0.290 e. The summed E-state index contributed by atoms with van der Waals surface area (Å²) in [6.07, 6.45) is 4.31. The van der Waals surface area contributed by atoms with Crippen LogP contribution in [0.1, 0.15) is 82.6 Å². The summed E-state index contributed by atoms with van der Waals surface area (Å²) in [5, 5.41) is 33.4. The minimum atomic E-state index is -1.68. The Bertz CT molecular complexity index is 2400. The highest BCUT2D eigenvalue weighted by Crippen LogP contribution is 2.28. The number of hydrogen-bond acceptors (Lipinski definition) is 14. The van der Waals surface area contributed by atoms with Crippen LogP contribution < -0.4 is 48.3 Å². The molecular weight excluding hydrogens is 919 g/mol. The predicted octanol–water partition coefficient (Wildman–Crippen LogP) is -0.995. The molecule has 12 N–H and O–H groups in total. The zero-order valence-corrected chi connectivity index (χ0v) is 40.0. The number of nitrogens with zero attached hydrogens (tertiary/aromatic N) is 1. The van der Waals surface area contributed by atoms with E-state index in [9.17, 15) is 53.1 Å². The maximum atomic E-state index is 14.2. The Labute approximate surface area is 401 Å². The maximum absolute atomic E-state index is 14.2. The molecule has 0 saturated carbocycles. The fraction of sp³-hybridized carbons (Fsp3) is 0.489. The molecule has 2 bridgehead atoms. The number of phenolic OH excluding ortho intramolecular Hbond substituents is 1. The van der Waals surface area contributed by atoms with Gasteiger partial charge in [0.15, 0.2) is 0 Å². The summed E-state index contributed by atoms with van der Waals surface area (Å²) >= 11 is 1.11. The van der Waals surface area contributed by atoms with Gasteiger partial charge in [0.2, 0.25) is 53.5 Å². The van der Waals surface area contributed by atoms with Gasteiger partial charge in [-0.2, -0.15) is 0 Å². The first-order chi connectivity index (χ1) is 32.8. The Hall–Kier alpha value is -7.21. The monoisotopic (exact) mass is 979 g/mol. The van der Waals surface area contributed by atoms with Crippen LogP contribution in [-0.2, 0) is 59.1 Å². The number of rotatable bonds is 17. The first-order valence-electron chi connectivity index (χ1n) is 22.3. The molecule has 24 heteroatoms. The number of carbonyl (C=O) groups excluding carboxylic acids is 10. The summed E-state index contributed by atoms with van der Waals surface area (Å²) < 4.78 is 5.30. The van der Waals surface area contributed by atoms with E-state index in [2.05, 4.69) is 52.5 Å². The number of ether oxygens (including phenoxy) is 1. The number of thiazole rings is 1. The van der Waals surface area contributed by atoms with Crippen LogP contribution in [0.25, 0.3) is 17.0 Å². The van der Waals surface area contributed by atoms with E-state index in [1.54, 1.807) is 51.4 Å². The first kappa shape index (κ1) is 54.4. The molecular formula is C45H61N11O12S. The van der Waals surface area contributed by atoms with E-state index in [-0.39, 0.29) is 43.7 Å². The number of methoxy groups -OCH3 is 1. The topological polar surface area (TPSA) is 351 Å². The number of aromatic hydroxyl groups is 1. The van der Waals surface area contributed by atoms with Gasteiger partial charge in [-0.25, -0.2) is 4.98 Å². The number of hydrogen-bond donors (Lipinski definition) is 11. The second kappa shape index (κ2) is 25.8. The summed E-state index contributed by atoms with van der Waals surface area (Å²) in [7, 11) is 1.38. The molecule has 0 spiro atoms. The summed E-state index contributed by atoms with van der Waals surface area (Å²) in [6.45, 7) is 7.30. The Kier molecular flexibility index (Phi) is 20.3. The fourth-order valence-corrected chi connectivity index (χ4v) is 8.05. The van der Waals surface area contributed by atoms with Gasteiger partial charge < -0.3 is 63.1 Å². The number of H-pyrrole nitrogens is 1. The SMILES string of the molecule is CC[C@H](C)[C@H](NC(=O)[C@H](CCC(N)=O)NC=O)C(=O)N[C@@H]1CNC(=O)[C@H](Cc2c[nH]c3cccc(O)c23)NC(=O)/C=C/c2csc(n2)[C@H](COC)NC(=O)C(=O)[C@@H]([C@@H](C)CC)NC(=O)[C@H](C)NC1=O. The number of carbonyl (C=O) groups is 10. The van der Waals surface area contributed by atoms with Crippen molar-refractivity contribution in [3.63, 3.8) is 0 Å². The molecule has 0 aliphatic carbocycles. The molecule has 1 aliphatic heterocycles. The van der Waals surface area contributed by atoms with Crippen molar-refractivity contribution < 1.29 is 57.8 Å². The Morgan fingerprint density at radius 2 is 1.71 bits per heavy atom. The van der Waals surface area contributed by atoms with Crippen molar-refractivity contribution in [1.82, 2.24) is 52.5 Å². The molecule has 1 aromatic carbocycles. The molecule has 2 aromatic heterocycles. The van der Waals surface area contributed by atoms with Crippen LogP contribution in [0, 0.1) is 11.8 Å². The Balaban J connectivity index is 1.76. The van der Waals surface area contributed by atoms with Crippen molar-refractivity contribution in [2.45, 2.75) is 109 Å². The molecule has 69 heavy (non-hydrogen) atoms. The number of fused-ring (bicyclic) bond motifs is 3. The first-order valence-corrected chi connectivity index (χ1v) is 23.2. The molecule has 0 unspecified atom stereocenters. The largest absolute Gasteiger partial charge is 0.507 e. The van der Waals surface area contributed by atoms with E-state index in [4.69, 9.17) is 10.5 Å². The van der Waals surface area contributed by atoms with Gasteiger partial charge in [-0.15, -0.1) is 11.3 Å². The number of aromatic nitrogens is 2. The van der Waals surface area contributed by atoms with Gasteiger partial charge >= 0.3 is 0 Å². The molecule has 0 saturated heterocycles. The zero-order valence-electron chi connectivity index (χ0n) is 39.1. The Morgan fingerprint density at radius 1 is 0.971 bits per heavy atom. The lowest BCUT2D eigenvalue weighted by Gasteiger charge is -2.29. The number of amides is 9. The van der Waals surface area contributed by atoms with Crippen molar-refractivity contribution >= 4 is 87.8 Å². The van der Waals surface area contributed by atoms with Crippen LogP contribution in [0.2, 0.25) is 0 Å². The van der Waals surface area contributed by atoms with E-state index in [1.807, 2.05) is 0 Å². The second-order valence-corrected chi connectivity index (χ2v) is 17.6. The smallest absolute Gasteiger partial charge is 0.290 e.